The minimum atomic E-state index is 0.0841. The van der Waals surface area contributed by atoms with Crippen LogP contribution in [-0.2, 0) is 0 Å². The van der Waals surface area contributed by atoms with E-state index in [0.29, 0.717) is 12.0 Å². The molecule has 4 bridgehead atoms. The first-order chi connectivity index (χ1) is 13.4. The van der Waals surface area contributed by atoms with Crippen molar-refractivity contribution in [3.05, 3.63) is 48.7 Å². The average Bonchev–Trinajstić information content (AvgIpc) is 2.98. The van der Waals surface area contributed by atoms with Gasteiger partial charge in [0.1, 0.15) is 16.7 Å². The van der Waals surface area contributed by atoms with Crippen LogP contribution in [0.2, 0.25) is 0 Å². The second-order valence-corrected chi connectivity index (χ2v) is 9.36. The minimum Gasteiger partial charge on any atom is -0.368 e. The number of aromatic nitrogens is 2. The predicted octanol–water partition coefficient (Wildman–Crippen LogP) is 4.94. The van der Waals surface area contributed by atoms with E-state index in [9.17, 15) is 0 Å². The van der Waals surface area contributed by atoms with Crippen molar-refractivity contribution in [1.29, 1.82) is 0 Å². The molecule has 2 aliphatic rings. The average molecular weight is 396 g/mol. The number of nitrogens with zero attached hydrogens (tertiary/aromatic N) is 3. The van der Waals surface area contributed by atoms with E-state index >= 15 is 0 Å². The summed E-state index contributed by atoms with van der Waals surface area (Å²) in [5.41, 5.74) is 2.00. The molecule has 2 aromatic heterocycles. The third kappa shape index (κ3) is 3.97. The molecule has 2 N–H and O–H groups in total. The summed E-state index contributed by atoms with van der Waals surface area (Å²) in [4.78, 5) is 12.0. The number of hydrogen-bond acceptors (Lipinski definition) is 6. The van der Waals surface area contributed by atoms with Crippen LogP contribution >= 0.6 is 11.9 Å². The Kier molecular flexibility index (Phi) is 5.23. The second-order valence-electron chi connectivity index (χ2n) is 8.53. The molecule has 4 heterocycles. The molecular formula is C22H29N5S. The Labute approximate surface area is 172 Å². The Balaban J connectivity index is 1.70. The van der Waals surface area contributed by atoms with Gasteiger partial charge in [0, 0.05) is 47.5 Å². The van der Waals surface area contributed by atoms with E-state index in [1.807, 2.05) is 30.5 Å². The van der Waals surface area contributed by atoms with Crippen molar-refractivity contribution < 1.29 is 0 Å². The standard InChI is InChI=1S/C22H29N5S/c1-15-10-11-17-13-22(3,4)27(14-17)21-18(7-6-12-23-21)16(2)26-28-20-9-5-8-19(24-15)25-20/h5-9,12,15,17,26H,2,10-11,13-14H2,1,3-4H3,(H,24,25). The van der Waals surface area contributed by atoms with Gasteiger partial charge in [-0.05, 0) is 70.2 Å². The molecule has 2 aliphatic heterocycles. The van der Waals surface area contributed by atoms with Crippen LogP contribution < -0.4 is 14.9 Å². The molecular weight excluding hydrogens is 366 g/mol. The van der Waals surface area contributed by atoms with Crippen molar-refractivity contribution in [2.75, 3.05) is 16.8 Å². The lowest BCUT2D eigenvalue weighted by molar-refractivity contribution is 0.437. The van der Waals surface area contributed by atoms with Crippen molar-refractivity contribution in [2.24, 2.45) is 5.92 Å². The molecule has 1 saturated heterocycles. The molecule has 5 nitrogen and oxygen atoms in total. The molecule has 2 aromatic rings. The lowest BCUT2D eigenvalue weighted by Crippen LogP contribution is -2.39. The van der Waals surface area contributed by atoms with Crippen molar-refractivity contribution in [2.45, 2.75) is 56.6 Å². The summed E-state index contributed by atoms with van der Waals surface area (Å²) in [5, 5.41) is 4.48. The van der Waals surface area contributed by atoms with Gasteiger partial charge in [-0.15, -0.1) is 0 Å². The fourth-order valence-electron chi connectivity index (χ4n) is 4.33. The zero-order chi connectivity index (χ0) is 19.7. The second kappa shape index (κ2) is 7.66. The van der Waals surface area contributed by atoms with Gasteiger partial charge in [-0.25, -0.2) is 9.97 Å². The van der Waals surface area contributed by atoms with Gasteiger partial charge in [0.25, 0.3) is 0 Å². The van der Waals surface area contributed by atoms with Gasteiger partial charge in [-0.3, -0.25) is 0 Å². The van der Waals surface area contributed by atoms with Crippen LogP contribution in [0.4, 0.5) is 11.6 Å². The van der Waals surface area contributed by atoms with Crippen LogP contribution in [0.15, 0.2) is 48.1 Å². The predicted molar refractivity (Wildman–Crippen MR) is 118 cm³/mol. The van der Waals surface area contributed by atoms with E-state index in [2.05, 4.69) is 48.4 Å². The maximum Gasteiger partial charge on any atom is 0.138 e. The normalized spacial score (nSPS) is 24.4. The van der Waals surface area contributed by atoms with E-state index in [-0.39, 0.29) is 5.54 Å². The molecule has 6 heteroatoms. The molecule has 2 unspecified atom stereocenters. The number of nitrogens with one attached hydrogen (secondary N) is 2. The molecule has 0 saturated carbocycles. The van der Waals surface area contributed by atoms with Gasteiger partial charge in [-0.2, -0.15) is 0 Å². The van der Waals surface area contributed by atoms with Gasteiger partial charge in [0.05, 0.1) is 0 Å². The summed E-state index contributed by atoms with van der Waals surface area (Å²) in [6.07, 6.45) is 5.39. The van der Waals surface area contributed by atoms with Crippen LogP contribution in [-0.4, -0.2) is 28.1 Å². The Hall–Kier alpha value is -2.21. The van der Waals surface area contributed by atoms with Crippen LogP contribution in [0, 0.1) is 5.92 Å². The Morgan fingerprint density at radius 2 is 2.07 bits per heavy atom. The molecule has 2 atom stereocenters. The maximum atomic E-state index is 4.76. The molecule has 0 spiro atoms. The first kappa shape index (κ1) is 19.1. The topological polar surface area (TPSA) is 53.1 Å². The summed E-state index contributed by atoms with van der Waals surface area (Å²) in [6.45, 7) is 12.2. The zero-order valence-electron chi connectivity index (χ0n) is 16.9. The quantitative estimate of drug-likeness (QED) is 0.616. The maximum absolute atomic E-state index is 4.76. The van der Waals surface area contributed by atoms with E-state index < -0.39 is 0 Å². The highest BCUT2D eigenvalue weighted by Crippen LogP contribution is 2.40. The lowest BCUT2D eigenvalue weighted by atomic mass is 9.92. The molecule has 4 rings (SSSR count). The zero-order valence-corrected chi connectivity index (χ0v) is 17.7. The van der Waals surface area contributed by atoms with Crippen molar-refractivity contribution in [1.82, 2.24) is 14.7 Å². The highest BCUT2D eigenvalue weighted by atomic mass is 32.2. The number of rotatable bonds is 0. The fraction of sp³-hybridized carbons (Fsp3) is 0.455. The summed E-state index contributed by atoms with van der Waals surface area (Å²) in [5.74, 6) is 2.61. The SMILES string of the molecule is C=C1NSc2cccc(n2)NC(C)CCC2CN(c3ncccc31)C(C)(C)C2. The van der Waals surface area contributed by atoms with Gasteiger partial charge >= 0.3 is 0 Å². The molecule has 0 aromatic carbocycles. The Bertz CT molecular complexity index is 866. The van der Waals surface area contributed by atoms with Gasteiger partial charge < -0.3 is 14.9 Å². The van der Waals surface area contributed by atoms with E-state index in [0.717, 1.165) is 40.9 Å². The van der Waals surface area contributed by atoms with Crippen LogP contribution in [0.1, 0.15) is 45.6 Å². The van der Waals surface area contributed by atoms with Crippen molar-refractivity contribution >= 4 is 29.3 Å². The smallest absolute Gasteiger partial charge is 0.138 e. The van der Waals surface area contributed by atoms with Crippen LogP contribution in [0.5, 0.6) is 0 Å². The number of pyridine rings is 2. The molecule has 0 aliphatic carbocycles. The molecule has 0 radical (unpaired) electrons. The fourth-order valence-corrected chi connectivity index (χ4v) is 4.96. The Morgan fingerprint density at radius 1 is 1.21 bits per heavy atom. The summed E-state index contributed by atoms with van der Waals surface area (Å²) < 4.78 is 3.38. The third-order valence-electron chi connectivity index (χ3n) is 5.73. The molecule has 28 heavy (non-hydrogen) atoms. The largest absolute Gasteiger partial charge is 0.368 e. The first-order valence-corrected chi connectivity index (χ1v) is 10.8. The Morgan fingerprint density at radius 3 is 2.93 bits per heavy atom. The molecule has 1 fully saturated rings. The van der Waals surface area contributed by atoms with Gasteiger partial charge in [-0.1, -0.05) is 12.6 Å². The van der Waals surface area contributed by atoms with E-state index in [4.69, 9.17) is 9.97 Å². The highest BCUT2D eigenvalue weighted by Gasteiger charge is 2.39. The van der Waals surface area contributed by atoms with Crippen molar-refractivity contribution in [3.8, 4) is 0 Å². The summed E-state index contributed by atoms with van der Waals surface area (Å²) in [7, 11) is 0. The minimum absolute atomic E-state index is 0.0841. The molecule has 0 amide bonds. The van der Waals surface area contributed by atoms with Crippen molar-refractivity contribution in [3.63, 3.8) is 0 Å². The first-order valence-electron chi connectivity index (χ1n) is 10.0. The number of hydrogen-bond donors (Lipinski definition) is 2. The summed E-state index contributed by atoms with van der Waals surface area (Å²) in [6, 6.07) is 10.6. The number of anilines is 2. The van der Waals surface area contributed by atoms with E-state index in [1.165, 1.54) is 24.8 Å². The summed E-state index contributed by atoms with van der Waals surface area (Å²) >= 11 is 1.49. The highest BCUT2D eigenvalue weighted by molar-refractivity contribution is 7.97. The molecule has 148 valence electrons. The van der Waals surface area contributed by atoms with Crippen LogP contribution in [0.25, 0.3) is 5.70 Å². The third-order valence-corrected chi connectivity index (χ3v) is 6.52. The van der Waals surface area contributed by atoms with E-state index in [1.54, 1.807) is 0 Å². The van der Waals surface area contributed by atoms with Gasteiger partial charge in [0.2, 0.25) is 0 Å². The monoisotopic (exact) mass is 395 g/mol. The van der Waals surface area contributed by atoms with Crippen LogP contribution in [0.3, 0.4) is 0 Å². The number of fused-ring (bicyclic) bond motifs is 6. The van der Waals surface area contributed by atoms with Gasteiger partial charge in [0.15, 0.2) is 0 Å². The lowest BCUT2D eigenvalue weighted by Gasteiger charge is -2.34.